The van der Waals surface area contributed by atoms with E-state index in [4.69, 9.17) is 20.8 Å². The Morgan fingerprint density at radius 2 is 1.98 bits per heavy atom. The van der Waals surface area contributed by atoms with Crippen molar-refractivity contribution in [2.24, 2.45) is 5.41 Å². The minimum atomic E-state index is -0.911. The van der Waals surface area contributed by atoms with E-state index in [0.29, 0.717) is 39.3 Å². The first-order valence-electron chi connectivity index (χ1n) is 12.9. The van der Waals surface area contributed by atoms with Gasteiger partial charge >= 0.3 is 0 Å². The average molecular weight is 607 g/mol. The van der Waals surface area contributed by atoms with E-state index in [1.165, 1.54) is 33.9 Å². The maximum atomic E-state index is 13.8. The predicted octanol–water partition coefficient (Wildman–Crippen LogP) is 5.28. The fourth-order valence-corrected chi connectivity index (χ4v) is 5.40. The van der Waals surface area contributed by atoms with Crippen molar-refractivity contribution in [2.75, 3.05) is 19.0 Å². The van der Waals surface area contributed by atoms with Crippen LogP contribution in [0.5, 0.6) is 0 Å². The molecular weight excluding hydrogens is 580 g/mol. The van der Waals surface area contributed by atoms with E-state index >= 15 is 0 Å². The van der Waals surface area contributed by atoms with Crippen LogP contribution < -0.4 is 10.9 Å². The number of rotatable bonds is 11. The number of methoxy groups -OCH3 is 1. The minimum absolute atomic E-state index is 0.00933. The van der Waals surface area contributed by atoms with Crippen LogP contribution in [0.4, 0.5) is 5.82 Å². The number of anilines is 1. The summed E-state index contributed by atoms with van der Waals surface area (Å²) in [4.78, 5) is 49.6. The molecule has 0 atom stereocenters. The highest BCUT2D eigenvalue weighted by atomic mass is 35.5. The lowest BCUT2D eigenvalue weighted by Crippen LogP contribution is -2.35. The van der Waals surface area contributed by atoms with E-state index < -0.39 is 16.8 Å². The van der Waals surface area contributed by atoms with Crippen LogP contribution in [0.2, 0.25) is 4.34 Å². The van der Waals surface area contributed by atoms with Crippen LogP contribution in [0.1, 0.15) is 34.1 Å². The first-order valence-corrected chi connectivity index (χ1v) is 14.1. The van der Waals surface area contributed by atoms with Crippen LogP contribution in [0.3, 0.4) is 0 Å². The van der Waals surface area contributed by atoms with Crippen LogP contribution in [0.25, 0.3) is 22.6 Å². The number of nitrogens with zero attached hydrogens (tertiary/aromatic N) is 5. The number of ether oxygens (including phenoxy) is 1. The number of thiophene rings is 1. The number of halogens is 1. The first kappa shape index (κ1) is 29.1. The standard InChI is InChI=1S/C29H27ClN6O5S/c1-29(2,16-40-3)28(39)36-26(33-13-18-7-10-25(30)42-18)12-21(34-36)22-9-8-19(20-6-4-5-11-32-20)27(38)35(22)15-23(37)24-14-31-17-41-24/h4-12,14,17,33H,13,15-16H2,1-3H3. The zero-order valence-electron chi connectivity index (χ0n) is 23.0. The Kier molecular flexibility index (Phi) is 8.48. The molecule has 0 saturated carbocycles. The highest BCUT2D eigenvalue weighted by Gasteiger charge is 2.32. The van der Waals surface area contributed by atoms with Gasteiger partial charge < -0.3 is 14.5 Å². The molecule has 0 saturated heterocycles. The molecule has 0 bridgehead atoms. The van der Waals surface area contributed by atoms with Gasteiger partial charge in [-0.3, -0.25) is 23.9 Å². The number of nitrogens with one attached hydrogen (secondary N) is 1. The van der Waals surface area contributed by atoms with E-state index in [1.54, 1.807) is 62.5 Å². The summed E-state index contributed by atoms with van der Waals surface area (Å²) >= 11 is 7.51. The highest BCUT2D eigenvalue weighted by Crippen LogP contribution is 2.29. The monoisotopic (exact) mass is 606 g/mol. The molecule has 0 amide bonds. The minimum Gasteiger partial charge on any atom is -0.440 e. The second-order valence-electron chi connectivity index (χ2n) is 10.0. The molecule has 1 N–H and O–H groups in total. The molecule has 0 radical (unpaired) electrons. The average Bonchev–Trinajstić information content (AvgIpc) is 3.74. The fraction of sp³-hybridized carbons (Fsp3) is 0.241. The van der Waals surface area contributed by atoms with Gasteiger partial charge in [-0.25, -0.2) is 4.98 Å². The Morgan fingerprint density at radius 1 is 1.14 bits per heavy atom. The van der Waals surface area contributed by atoms with Crippen molar-refractivity contribution in [1.82, 2.24) is 24.3 Å². The summed E-state index contributed by atoms with van der Waals surface area (Å²) < 4.78 is 13.7. The smallest absolute Gasteiger partial charge is 0.260 e. The van der Waals surface area contributed by atoms with Gasteiger partial charge in [-0.1, -0.05) is 17.7 Å². The first-order chi connectivity index (χ1) is 20.2. The number of carbonyl (C=O) groups excluding carboxylic acids is 2. The van der Waals surface area contributed by atoms with E-state index in [2.05, 4.69) is 20.4 Å². The van der Waals surface area contributed by atoms with E-state index in [-0.39, 0.29) is 24.8 Å². The number of hydrogen-bond donors (Lipinski definition) is 1. The summed E-state index contributed by atoms with van der Waals surface area (Å²) in [6.07, 6.45) is 4.02. The van der Waals surface area contributed by atoms with Crippen LogP contribution >= 0.6 is 22.9 Å². The lowest BCUT2D eigenvalue weighted by atomic mass is 9.94. The van der Waals surface area contributed by atoms with Crippen molar-refractivity contribution < 1.29 is 18.7 Å². The normalized spacial score (nSPS) is 11.5. The summed E-state index contributed by atoms with van der Waals surface area (Å²) in [5.41, 5.74) is 0.0145. The summed E-state index contributed by atoms with van der Waals surface area (Å²) in [5, 5.41) is 7.89. The third kappa shape index (κ3) is 6.10. The SMILES string of the molecule is COCC(C)(C)C(=O)n1nc(-c2ccc(-c3ccccn3)c(=O)n2CC(=O)c2cnco2)cc1NCc1ccc(Cl)s1. The molecule has 5 aromatic rings. The van der Waals surface area contributed by atoms with Crippen molar-refractivity contribution in [3.63, 3.8) is 0 Å². The Balaban J connectivity index is 1.62. The summed E-state index contributed by atoms with van der Waals surface area (Å²) in [6.45, 7) is 3.72. The molecule has 0 unspecified atom stereocenters. The Hall–Kier alpha value is -4.39. The van der Waals surface area contributed by atoms with Crippen molar-refractivity contribution in [2.45, 2.75) is 26.9 Å². The molecule has 0 aromatic carbocycles. The number of hydrogen-bond acceptors (Lipinski definition) is 10. The number of oxazole rings is 1. The highest BCUT2D eigenvalue weighted by molar-refractivity contribution is 7.16. The second kappa shape index (κ2) is 12.2. The topological polar surface area (TPSA) is 134 Å². The van der Waals surface area contributed by atoms with Gasteiger partial charge in [0.2, 0.25) is 5.78 Å². The molecular formula is C29H27ClN6O5S. The molecule has 5 rings (SSSR count). The summed E-state index contributed by atoms with van der Waals surface area (Å²) in [5.74, 6) is -0.370. The lowest BCUT2D eigenvalue weighted by molar-refractivity contribution is 0.0529. The summed E-state index contributed by atoms with van der Waals surface area (Å²) in [6, 6.07) is 13.9. The largest absolute Gasteiger partial charge is 0.440 e. The number of ketones is 1. The van der Waals surface area contributed by atoms with Crippen molar-refractivity contribution in [3.8, 4) is 22.6 Å². The Labute approximate surface area is 249 Å². The van der Waals surface area contributed by atoms with Gasteiger partial charge in [-0.2, -0.15) is 9.78 Å². The zero-order chi connectivity index (χ0) is 29.9. The van der Waals surface area contributed by atoms with Crippen LogP contribution in [-0.4, -0.2) is 49.7 Å². The molecule has 216 valence electrons. The quantitative estimate of drug-likeness (QED) is 0.199. The number of Topliss-reactive ketones (excluding diaryl/α,β-unsaturated/α-hetero) is 1. The maximum absolute atomic E-state index is 13.8. The van der Waals surface area contributed by atoms with Crippen molar-refractivity contribution in [1.29, 1.82) is 0 Å². The van der Waals surface area contributed by atoms with Gasteiger partial charge in [0.15, 0.2) is 12.2 Å². The van der Waals surface area contributed by atoms with E-state index in [9.17, 15) is 14.4 Å². The fourth-order valence-electron chi connectivity index (χ4n) is 4.37. The van der Waals surface area contributed by atoms with E-state index in [1.807, 2.05) is 6.07 Å². The predicted molar refractivity (Wildman–Crippen MR) is 159 cm³/mol. The zero-order valence-corrected chi connectivity index (χ0v) is 24.6. The maximum Gasteiger partial charge on any atom is 0.260 e. The second-order valence-corrected chi connectivity index (χ2v) is 11.8. The van der Waals surface area contributed by atoms with Gasteiger partial charge in [0.05, 0.1) is 52.6 Å². The van der Waals surface area contributed by atoms with Crippen LogP contribution in [0, 0.1) is 5.41 Å². The van der Waals surface area contributed by atoms with Gasteiger partial charge in [-0.15, -0.1) is 11.3 Å². The summed E-state index contributed by atoms with van der Waals surface area (Å²) in [7, 11) is 1.52. The van der Waals surface area contributed by atoms with Crippen molar-refractivity contribution >= 4 is 40.4 Å². The molecule has 13 heteroatoms. The van der Waals surface area contributed by atoms with E-state index in [0.717, 1.165) is 11.3 Å². The molecule has 11 nitrogen and oxygen atoms in total. The number of carbonyl (C=O) groups is 2. The molecule has 0 aliphatic carbocycles. The molecule has 5 heterocycles. The third-order valence-corrected chi connectivity index (χ3v) is 7.68. The van der Waals surface area contributed by atoms with Gasteiger partial charge in [0, 0.05) is 24.3 Å². The van der Waals surface area contributed by atoms with Crippen LogP contribution in [0.15, 0.2) is 76.5 Å². The van der Waals surface area contributed by atoms with Crippen LogP contribution in [-0.2, 0) is 17.8 Å². The molecule has 0 fully saturated rings. The number of aromatic nitrogens is 5. The van der Waals surface area contributed by atoms with Gasteiger partial charge in [-0.05, 0) is 50.2 Å². The Bertz CT molecular complexity index is 1780. The van der Waals surface area contributed by atoms with Gasteiger partial charge in [0.25, 0.3) is 11.5 Å². The third-order valence-electron chi connectivity index (χ3n) is 6.44. The molecule has 5 aromatic heterocycles. The lowest BCUT2D eigenvalue weighted by Gasteiger charge is -2.22. The molecule has 42 heavy (non-hydrogen) atoms. The Morgan fingerprint density at radius 3 is 2.64 bits per heavy atom. The van der Waals surface area contributed by atoms with Crippen molar-refractivity contribution in [3.05, 3.63) is 92.6 Å². The molecule has 0 spiro atoms. The van der Waals surface area contributed by atoms with Gasteiger partial charge in [0.1, 0.15) is 11.5 Å². The molecule has 0 aliphatic rings. The molecule has 0 aliphatic heterocycles. The number of pyridine rings is 2.